The van der Waals surface area contributed by atoms with Gasteiger partial charge in [-0.25, -0.2) is 0 Å². The second-order valence-corrected chi connectivity index (χ2v) is 4.61. The van der Waals surface area contributed by atoms with E-state index in [1.54, 1.807) is 18.3 Å². The van der Waals surface area contributed by atoms with Gasteiger partial charge in [0.05, 0.1) is 6.61 Å². The maximum atomic E-state index is 11.2. The summed E-state index contributed by atoms with van der Waals surface area (Å²) in [6.45, 7) is 2.14. The molecule has 5 heteroatoms. The zero-order valence-electron chi connectivity index (χ0n) is 7.83. The summed E-state index contributed by atoms with van der Waals surface area (Å²) < 4.78 is 5.82. The van der Waals surface area contributed by atoms with E-state index in [1.165, 1.54) is 0 Å². The molecular formula is C9H12BrNO2S. The van der Waals surface area contributed by atoms with Gasteiger partial charge in [0.25, 0.3) is 0 Å². The van der Waals surface area contributed by atoms with Crippen LogP contribution in [0.3, 0.4) is 0 Å². The van der Waals surface area contributed by atoms with Crippen LogP contribution in [0, 0.1) is 0 Å². The van der Waals surface area contributed by atoms with Gasteiger partial charge in [-0.2, -0.15) is 0 Å². The Morgan fingerprint density at radius 2 is 2.50 bits per heavy atom. The lowest BCUT2D eigenvalue weighted by molar-refractivity contribution is -0.144. The Morgan fingerprint density at radius 3 is 3.00 bits per heavy atom. The van der Waals surface area contributed by atoms with Crippen LogP contribution in [0.5, 0.6) is 0 Å². The third kappa shape index (κ3) is 3.08. The average Bonchev–Trinajstić information content (AvgIpc) is 2.52. The molecule has 0 aliphatic carbocycles. The third-order valence-electron chi connectivity index (χ3n) is 1.69. The minimum absolute atomic E-state index is 0.340. The summed E-state index contributed by atoms with van der Waals surface area (Å²) >= 11 is 4.96. The van der Waals surface area contributed by atoms with E-state index in [4.69, 9.17) is 10.5 Å². The molecule has 78 valence electrons. The van der Waals surface area contributed by atoms with Gasteiger partial charge < -0.3 is 10.5 Å². The number of ether oxygens (including phenoxy) is 1. The second-order valence-electron chi connectivity index (χ2n) is 2.75. The van der Waals surface area contributed by atoms with Crippen molar-refractivity contribution in [1.29, 1.82) is 0 Å². The van der Waals surface area contributed by atoms with Gasteiger partial charge in [-0.3, -0.25) is 4.79 Å². The number of esters is 1. The lowest BCUT2D eigenvalue weighted by Gasteiger charge is -2.09. The molecule has 0 fully saturated rings. The number of hydrogen-bond acceptors (Lipinski definition) is 4. The van der Waals surface area contributed by atoms with Crippen LogP contribution in [0.2, 0.25) is 0 Å². The Morgan fingerprint density at radius 1 is 1.79 bits per heavy atom. The van der Waals surface area contributed by atoms with Crippen LogP contribution in [0.1, 0.15) is 11.8 Å². The van der Waals surface area contributed by atoms with Gasteiger partial charge >= 0.3 is 5.97 Å². The number of hydrogen-bond donors (Lipinski definition) is 1. The molecule has 0 saturated heterocycles. The topological polar surface area (TPSA) is 52.3 Å². The van der Waals surface area contributed by atoms with Crippen LogP contribution in [0.25, 0.3) is 0 Å². The Labute approximate surface area is 95.4 Å². The number of rotatable bonds is 4. The fraction of sp³-hybridized carbons (Fsp3) is 0.444. The lowest BCUT2D eigenvalue weighted by atomic mass is 10.2. The van der Waals surface area contributed by atoms with Crippen LogP contribution in [0.15, 0.2) is 15.9 Å². The monoisotopic (exact) mass is 277 g/mol. The zero-order chi connectivity index (χ0) is 10.6. The number of halogens is 1. The molecule has 0 spiro atoms. The first-order chi connectivity index (χ1) is 6.65. The Bertz CT molecular complexity index is 314. The van der Waals surface area contributed by atoms with E-state index in [0.717, 1.165) is 9.35 Å². The highest BCUT2D eigenvalue weighted by molar-refractivity contribution is 9.10. The van der Waals surface area contributed by atoms with Gasteiger partial charge in [-0.05, 0) is 34.3 Å². The van der Waals surface area contributed by atoms with Crippen LogP contribution in [-0.4, -0.2) is 18.6 Å². The van der Waals surface area contributed by atoms with Gasteiger partial charge in [0.1, 0.15) is 6.04 Å². The summed E-state index contributed by atoms with van der Waals surface area (Å²) in [5.74, 6) is -0.340. The number of nitrogens with two attached hydrogens (primary N) is 1. The van der Waals surface area contributed by atoms with Gasteiger partial charge in [0.15, 0.2) is 0 Å². The zero-order valence-corrected chi connectivity index (χ0v) is 10.2. The van der Waals surface area contributed by atoms with Crippen molar-refractivity contribution in [2.24, 2.45) is 5.73 Å². The minimum atomic E-state index is -0.565. The number of carbonyl (C=O) groups excluding carboxylic acids is 1. The predicted molar refractivity (Wildman–Crippen MR) is 60.3 cm³/mol. The van der Waals surface area contributed by atoms with E-state index in [0.29, 0.717) is 13.0 Å². The minimum Gasteiger partial charge on any atom is -0.465 e. The van der Waals surface area contributed by atoms with Crippen molar-refractivity contribution in [3.63, 3.8) is 0 Å². The highest BCUT2D eigenvalue weighted by atomic mass is 79.9. The molecule has 3 nitrogen and oxygen atoms in total. The maximum Gasteiger partial charge on any atom is 0.323 e. The summed E-state index contributed by atoms with van der Waals surface area (Å²) in [6.07, 6.45) is 0.525. The summed E-state index contributed by atoms with van der Waals surface area (Å²) in [7, 11) is 0. The van der Waals surface area contributed by atoms with Crippen molar-refractivity contribution in [1.82, 2.24) is 0 Å². The molecule has 1 rings (SSSR count). The molecule has 14 heavy (non-hydrogen) atoms. The molecule has 1 aromatic heterocycles. The molecule has 1 aromatic rings. The standard InChI is InChI=1S/C9H12BrNO2S/c1-2-13-9(12)7(11)5-8-6(10)3-4-14-8/h3-4,7H,2,5,11H2,1H3/t7-/m0/s1. The van der Waals surface area contributed by atoms with Gasteiger partial charge in [0.2, 0.25) is 0 Å². The van der Waals surface area contributed by atoms with Crippen LogP contribution in [0.4, 0.5) is 0 Å². The molecule has 0 saturated carbocycles. The number of thiophene rings is 1. The molecular weight excluding hydrogens is 266 g/mol. The van der Waals surface area contributed by atoms with E-state index in [-0.39, 0.29) is 5.97 Å². The van der Waals surface area contributed by atoms with E-state index in [9.17, 15) is 4.79 Å². The molecule has 1 heterocycles. The summed E-state index contributed by atoms with van der Waals surface area (Å²) in [5.41, 5.74) is 5.67. The summed E-state index contributed by atoms with van der Waals surface area (Å²) in [4.78, 5) is 12.3. The van der Waals surface area contributed by atoms with Gasteiger partial charge in [-0.15, -0.1) is 11.3 Å². The molecule has 0 aliphatic heterocycles. The highest BCUT2D eigenvalue weighted by Crippen LogP contribution is 2.23. The average molecular weight is 278 g/mol. The lowest BCUT2D eigenvalue weighted by Crippen LogP contribution is -2.34. The number of carbonyl (C=O) groups is 1. The second kappa shape index (κ2) is 5.48. The van der Waals surface area contributed by atoms with Crippen molar-refractivity contribution < 1.29 is 9.53 Å². The molecule has 0 radical (unpaired) electrons. The molecule has 0 bridgehead atoms. The quantitative estimate of drug-likeness (QED) is 0.856. The van der Waals surface area contributed by atoms with E-state index < -0.39 is 6.04 Å². The first-order valence-corrected chi connectivity index (χ1v) is 5.96. The highest BCUT2D eigenvalue weighted by Gasteiger charge is 2.16. The SMILES string of the molecule is CCOC(=O)[C@@H](N)Cc1sccc1Br. The van der Waals surface area contributed by atoms with Gasteiger partial charge in [0, 0.05) is 15.8 Å². The third-order valence-corrected chi connectivity index (χ3v) is 3.63. The molecule has 0 unspecified atom stereocenters. The van der Waals surface area contributed by atoms with E-state index >= 15 is 0 Å². The molecule has 0 aromatic carbocycles. The molecule has 0 aliphatic rings. The maximum absolute atomic E-state index is 11.2. The first kappa shape index (κ1) is 11.7. The smallest absolute Gasteiger partial charge is 0.323 e. The molecule has 2 N–H and O–H groups in total. The van der Waals surface area contributed by atoms with Crippen LogP contribution < -0.4 is 5.73 Å². The molecule has 1 atom stereocenters. The first-order valence-electron chi connectivity index (χ1n) is 4.29. The summed E-state index contributed by atoms with van der Waals surface area (Å²) in [5, 5.41) is 1.96. The summed E-state index contributed by atoms with van der Waals surface area (Å²) in [6, 6.07) is 1.38. The Kier molecular flexibility index (Phi) is 4.57. The van der Waals surface area contributed by atoms with Crippen molar-refractivity contribution >= 4 is 33.2 Å². The van der Waals surface area contributed by atoms with Crippen molar-refractivity contribution in [2.75, 3.05) is 6.61 Å². The van der Waals surface area contributed by atoms with E-state index in [2.05, 4.69) is 15.9 Å². The largest absolute Gasteiger partial charge is 0.465 e. The predicted octanol–water partition coefficient (Wildman–Crippen LogP) is 1.94. The fourth-order valence-electron chi connectivity index (χ4n) is 1.00. The van der Waals surface area contributed by atoms with Crippen LogP contribution in [-0.2, 0) is 16.0 Å². The molecule has 0 amide bonds. The van der Waals surface area contributed by atoms with Crippen molar-refractivity contribution in [3.8, 4) is 0 Å². The Balaban J connectivity index is 2.52. The van der Waals surface area contributed by atoms with Crippen molar-refractivity contribution in [3.05, 3.63) is 20.8 Å². The Hall–Kier alpha value is -0.390. The van der Waals surface area contributed by atoms with E-state index in [1.807, 2.05) is 11.4 Å². The van der Waals surface area contributed by atoms with Crippen LogP contribution >= 0.6 is 27.3 Å². The van der Waals surface area contributed by atoms with Crippen molar-refractivity contribution in [2.45, 2.75) is 19.4 Å². The normalized spacial score (nSPS) is 12.5. The van der Waals surface area contributed by atoms with Gasteiger partial charge in [-0.1, -0.05) is 0 Å². The fourth-order valence-corrected chi connectivity index (χ4v) is 2.58.